The van der Waals surface area contributed by atoms with Crippen LogP contribution in [0, 0.1) is 12.8 Å². The molecule has 28 heavy (non-hydrogen) atoms. The molecular formula is C22H28N4OS. The first kappa shape index (κ1) is 19.1. The fourth-order valence-corrected chi connectivity index (χ4v) is 4.43. The molecule has 3 aromatic heterocycles. The van der Waals surface area contributed by atoms with Gasteiger partial charge in [-0.05, 0) is 64.2 Å². The molecule has 0 radical (unpaired) electrons. The van der Waals surface area contributed by atoms with Crippen LogP contribution in [-0.2, 0) is 0 Å². The van der Waals surface area contributed by atoms with Gasteiger partial charge in [-0.3, -0.25) is 4.79 Å². The van der Waals surface area contributed by atoms with E-state index in [9.17, 15) is 4.79 Å². The largest absolute Gasteiger partial charge is 0.338 e. The minimum absolute atomic E-state index is 0.110. The first-order valence-electron chi connectivity index (χ1n) is 10.2. The number of nitrogens with zero attached hydrogens (tertiary/aromatic N) is 4. The Labute approximate surface area is 170 Å². The summed E-state index contributed by atoms with van der Waals surface area (Å²) in [4.78, 5) is 22.8. The molecule has 1 aliphatic carbocycles. The zero-order valence-electron chi connectivity index (χ0n) is 17.1. The fourth-order valence-electron chi connectivity index (χ4n) is 3.60. The lowest BCUT2D eigenvalue weighted by Crippen LogP contribution is -2.33. The summed E-state index contributed by atoms with van der Waals surface area (Å²) in [6.45, 7) is 10.1. The van der Waals surface area contributed by atoms with E-state index in [2.05, 4.69) is 44.9 Å². The van der Waals surface area contributed by atoms with Gasteiger partial charge in [-0.15, -0.1) is 11.3 Å². The normalized spacial score (nSPS) is 14.2. The lowest BCUT2D eigenvalue weighted by molar-refractivity contribution is 0.0749. The Morgan fingerprint density at radius 3 is 2.75 bits per heavy atom. The van der Waals surface area contributed by atoms with E-state index in [0.29, 0.717) is 5.92 Å². The van der Waals surface area contributed by atoms with Crippen LogP contribution in [0.1, 0.15) is 61.3 Å². The van der Waals surface area contributed by atoms with E-state index in [0.717, 1.165) is 46.7 Å². The Balaban J connectivity index is 1.84. The maximum Gasteiger partial charge on any atom is 0.254 e. The molecule has 1 fully saturated rings. The molecule has 6 heteroatoms. The van der Waals surface area contributed by atoms with Gasteiger partial charge in [0, 0.05) is 24.0 Å². The van der Waals surface area contributed by atoms with Gasteiger partial charge in [-0.1, -0.05) is 6.92 Å². The van der Waals surface area contributed by atoms with Crippen LogP contribution in [0.3, 0.4) is 0 Å². The van der Waals surface area contributed by atoms with Gasteiger partial charge in [0.15, 0.2) is 5.65 Å². The summed E-state index contributed by atoms with van der Waals surface area (Å²) in [5.74, 6) is 0.782. The van der Waals surface area contributed by atoms with Gasteiger partial charge >= 0.3 is 0 Å². The highest BCUT2D eigenvalue weighted by atomic mass is 32.1. The predicted molar refractivity (Wildman–Crippen MR) is 115 cm³/mol. The van der Waals surface area contributed by atoms with Crippen molar-refractivity contribution in [2.45, 2.75) is 53.0 Å². The zero-order chi connectivity index (χ0) is 19.8. The summed E-state index contributed by atoms with van der Waals surface area (Å²) in [5.41, 5.74) is 2.39. The fraction of sp³-hybridized carbons (Fsp3) is 0.500. The number of rotatable bonds is 7. The number of aromatic nitrogens is 3. The number of aryl methyl sites for hydroxylation is 1. The van der Waals surface area contributed by atoms with Crippen molar-refractivity contribution in [3.63, 3.8) is 0 Å². The summed E-state index contributed by atoms with van der Waals surface area (Å²) in [5, 5.41) is 5.40. The van der Waals surface area contributed by atoms with Crippen molar-refractivity contribution in [1.29, 1.82) is 0 Å². The zero-order valence-corrected chi connectivity index (χ0v) is 17.9. The molecule has 0 bridgehead atoms. The van der Waals surface area contributed by atoms with E-state index in [1.807, 2.05) is 15.6 Å². The summed E-state index contributed by atoms with van der Waals surface area (Å²) < 4.78 is 1.92. The van der Waals surface area contributed by atoms with Gasteiger partial charge in [-0.2, -0.15) is 5.10 Å². The second kappa shape index (κ2) is 7.66. The van der Waals surface area contributed by atoms with Crippen molar-refractivity contribution < 1.29 is 4.79 Å². The lowest BCUT2D eigenvalue weighted by Gasteiger charge is -2.22. The van der Waals surface area contributed by atoms with E-state index in [1.54, 1.807) is 17.5 Å². The standard InChI is InChI=1S/C22H28N4OS/c1-5-10-25(13-16-7-8-16)22(27)17-11-19(20-9-6-15(4)28-20)24-21-18(17)12-23-26(21)14(2)3/h6,9,11-12,14,16H,5,7-8,10,13H2,1-4H3. The molecule has 0 unspecified atom stereocenters. The minimum atomic E-state index is 0.110. The molecule has 3 aromatic rings. The number of carbonyl (C=O) groups excluding carboxylic acids is 1. The highest BCUT2D eigenvalue weighted by Crippen LogP contribution is 2.33. The minimum Gasteiger partial charge on any atom is -0.338 e. The van der Waals surface area contributed by atoms with Crippen molar-refractivity contribution in [2.24, 2.45) is 5.92 Å². The van der Waals surface area contributed by atoms with E-state index in [-0.39, 0.29) is 11.9 Å². The molecule has 5 nitrogen and oxygen atoms in total. The SMILES string of the molecule is CCCN(CC1CC1)C(=O)c1cc(-c2ccc(C)s2)nc2c1cnn2C(C)C. The third-order valence-corrected chi connectivity index (χ3v) is 6.26. The summed E-state index contributed by atoms with van der Waals surface area (Å²) >= 11 is 1.71. The maximum absolute atomic E-state index is 13.5. The van der Waals surface area contributed by atoms with E-state index < -0.39 is 0 Å². The summed E-state index contributed by atoms with van der Waals surface area (Å²) in [6, 6.07) is 6.35. The second-order valence-electron chi connectivity index (χ2n) is 8.08. The monoisotopic (exact) mass is 396 g/mol. The number of thiophene rings is 1. The maximum atomic E-state index is 13.5. The number of amides is 1. The molecule has 1 amide bonds. The molecule has 0 aromatic carbocycles. The van der Waals surface area contributed by atoms with Crippen molar-refractivity contribution in [1.82, 2.24) is 19.7 Å². The average molecular weight is 397 g/mol. The van der Waals surface area contributed by atoms with Crippen LogP contribution >= 0.6 is 11.3 Å². The van der Waals surface area contributed by atoms with E-state index in [4.69, 9.17) is 4.98 Å². The molecule has 148 valence electrons. The highest BCUT2D eigenvalue weighted by molar-refractivity contribution is 7.15. The first-order chi connectivity index (χ1) is 13.5. The Morgan fingerprint density at radius 2 is 2.14 bits per heavy atom. The topological polar surface area (TPSA) is 51.0 Å². The number of carbonyl (C=O) groups is 1. The molecule has 0 N–H and O–H groups in total. The molecule has 4 rings (SSSR count). The average Bonchev–Trinajstić information content (AvgIpc) is 3.20. The molecule has 0 spiro atoms. The van der Waals surface area contributed by atoms with Crippen LogP contribution in [0.2, 0.25) is 0 Å². The molecule has 0 atom stereocenters. The summed E-state index contributed by atoms with van der Waals surface area (Å²) in [7, 11) is 0. The van der Waals surface area contributed by atoms with Crippen LogP contribution in [0.5, 0.6) is 0 Å². The van der Waals surface area contributed by atoms with Crippen molar-refractivity contribution in [3.8, 4) is 10.6 Å². The Kier molecular flexibility index (Phi) is 5.23. The van der Waals surface area contributed by atoms with Crippen molar-refractivity contribution >= 4 is 28.3 Å². The molecular weight excluding hydrogens is 368 g/mol. The quantitative estimate of drug-likeness (QED) is 0.544. The van der Waals surface area contributed by atoms with Gasteiger partial charge in [-0.25, -0.2) is 9.67 Å². The van der Waals surface area contributed by atoms with Crippen molar-refractivity contribution in [3.05, 3.63) is 34.8 Å². The lowest BCUT2D eigenvalue weighted by atomic mass is 10.1. The third-order valence-electron chi connectivity index (χ3n) is 5.24. The number of hydrogen-bond acceptors (Lipinski definition) is 4. The van der Waals surface area contributed by atoms with Crippen molar-refractivity contribution in [2.75, 3.05) is 13.1 Å². The van der Waals surface area contributed by atoms with Gasteiger partial charge < -0.3 is 4.90 Å². The number of hydrogen-bond donors (Lipinski definition) is 0. The Hall–Kier alpha value is -2.21. The van der Waals surface area contributed by atoms with Crippen LogP contribution in [-0.4, -0.2) is 38.7 Å². The van der Waals surface area contributed by atoms with E-state index in [1.165, 1.54) is 17.7 Å². The van der Waals surface area contributed by atoms with Crippen LogP contribution in [0.4, 0.5) is 0 Å². The van der Waals surface area contributed by atoms with Crippen LogP contribution in [0.25, 0.3) is 21.6 Å². The molecule has 3 heterocycles. The molecule has 1 aliphatic rings. The Bertz CT molecular complexity index is 999. The van der Waals surface area contributed by atoms with Gasteiger partial charge in [0.2, 0.25) is 0 Å². The highest BCUT2D eigenvalue weighted by Gasteiger charge is 2.28. The van der Waals surface area contributed by atoms with Crippen LogP contribution in [0.15, 0.2) is 24.4 Å². The second-order valence-corrected chi connectivity index (χ2v) is 9.37. The molecule has 0 saturated heterocycles. The summed E-state index contributed by atoms with van der Waals surface area (Å²) in [6.07, 6.45) is 5.25. The smallest absolute Gasteiger partial charge is 0.254 e. The molecule has 0 aliphatic heterocycles. The predicted octanol–water partition coefficient (Wildman–Crippen LogP) is 5.31. The van der Waals surface area contributed by atoms with Gasteiger partial charge in [0.1, 0.15) is 0 Å². The third kappa shape index (κ3) is 3.70. The number of pyridine rings is 1. The van der Waals surface area contributed by atoms with Gasteiger partial charge in [0.05, 0.1) is 27.7 Å². The van der Waals surface area contributed by atoms with E-state index >= 15 is 0 Å². The molecule has 1 saturated carbocycles. The first-order valence-corrected chi connectivity index (χ1v) is 11.0. The Morgan fingerprint density at radius 1 is 1.36 bits per heavy atom. The van der Waals surface area contributed by atoms with Crippen LogP contribution < -0.4 is 0 Å². The van der Waals surface area contributed by atoms with Gasteiger partial charge in [0.25, 0.3) is 5.91 Å². The number of fused-ring (bicyclic) bond motifs is 1.